The van der Waals surface area contributed by atoms with Gasteiger partial charge in [0.15, 0.2) is 5.75 Å². The Bertz CT molecular complexity index is 906. The molecule has 2 rings (SSSR count). The number of hydrogen-bond acceptors (Lipinski definition) is 6. The number of hydrogen-bond donors (Lipinski definition) is 1. The Hall–Kier alpha value is -2.99. The van der Waals surface area contributed by atoms with Crippen LogP contribution in [-0.4, -0.2) is 19.3 Å². The zero-order valence-electron chi connectivity index (χ0n) is 11.8. The van der Waals surface area contributed by atoms with Crippen molar-refractivity contribution in [3.05, 3.63) is 53.3 Å². The van der Waals surface area contributed by atoms with Crippen molar-refractivity contribution in [2.45, 2.75) is 6.92 Å². The van der Waals surface area contributed by atoms with E-state index in [1.807, 2.05) is 6.07 Å². The lowest BCUT2D eigenvalue weighted by atomic mass is 10.1. The second-order valence-electron chi connectivity index (χ2n) is 4.48. The Morgan fingerprint density at radius 3 is 2.74 bits per heavy atom. The second-order valence-corrected chi connectivity index (χ2v) is 5.43. The molecule has 0 aliphatic carbocycles. The van der Waals surface area contributed by atoms with E-state index in [-0.39, 0.29) is 5.56 Å². The molecule has 0 saturated carbocycles. The molecule has 9 heteroatoms. The topological polar surface area (TPSA) is 109 Å². The van der Waals surface area contributed by atoms with Crippen LogP contribution in [0.2, 0.25) is 0 Å². The molecule has 0 aliphatic heterocycles. The first-order chi connectivity index (χ1) is 10.8. The maximum Gasteiger partial charge on any atom is 0.488 e. The van der Waals surface area contributed by atoms with E-state index < -0.39 is 22.2 Å². The number of nitrogens with zero attached hydrogens (tertiary/aromatic N) is 2. The molecule has 0 aliphatic rings. The number of nitrogens with one attached hydrogen (secondary N) is 1. The fourth-order valence-electron chi connectivity index (χ4n) is 1.72. The lowest BCUT2D eigenvalue weighted by Gasteiger charge is -2.09. The molecule has 7 nitrogen and oxygen atoms in total. The summed E-state index contributed by atoms with van der Waals surface area (Å²) in [6, 6.07) is 7.75. The van der Waals surface area contributed by atoms with E-state index in [4.69, 9.17) is 5.26 Å². The average molecular weight is 335 g/mol. The lowest BCUT2D eigenvalue weighted by molar-refractivity contribution is 0.102. The first-order valence-electron chi connectivity index (χ1n) is 6.20. The fourth-order valence-corrected chi connectivity index (χ4v) is 2.05. The van der Waals surface area contributed by atoms with Crippen molar-refractivity contribution >= 4 is 22.1 Å². The van der Waals surface area contributed by atoms with Crippen molar-refractivity contribution in [1.29, 1.82) is 5.26 Å². The van der Waals surface area contributed by atoms with E-state index in [1.165, 1.54) is 6.07 Å². The van der Waals surface area contributed by atoms with Crippen LogP contribution in [0.25, 0.3) is 0 Å². The van der Waals surface area contributed by atoms with Crippen LogP contribution in [-0.2, 0) is 10.5 Å². The normalized spacial score (nSPS) is 10.7. The maximum atomic E-state index is 12.5. The second kappa shape index (κ2) is 6.41. The Kier molecular flexibility index (Phi) is 4.57. The molecule has 1 aromatic heterocycles. The molecule has 23 heavy (non-hydrogen) atoms. The number of pyridine rings is 1. The highest BCUT2D eigenvalue weighted by molar-refractivity contribution is 7.81. The smallest absolute Gasteiger partial charge is 0.357 e. The molecule has 1 heterocycles. The number of rotatable bonds is 4. The van der Waals surface area contributed by atoms with Crippen LogP contribution in [0.1, 0.15) is 21.5 Å². The van der Waals surface area contributed by atoms with Crippen LogP contribution >= 0.6 is 0 Å². The van der Waals surface area contributed by atoms with Gasteiger partial charge < -0.3 is 9.50 Å². The molecule has 1 N–H and O–H groups in total. The number of amides is 1. The van der Waals surface area contributed by atoms with Crippen LogP contribution in [0.3, 0.4) is 0 Å². The van der Waals surface area contributed by atoms with Crippen LogP contribution in [0, 0.1) is 18.3 Å². The summed E-state index contributed by atoms with van der Waals surface area (Å²) in [5, 5.41) is 11.4. The van der Waals surface area contributed by atoms with Crippen molar-refractivity contribution in [3.63, 3.8) is 0 Å². The van der Waals surface area contributed by atoms with Gasteiger partial charge in [-0.05, 0) is 30.7 Å². The van der Waals surface area contributed by atoms with Crippen molar-refractivity contribution < 1.29 is 21.3 Å². The highest BCUT2D eigenvalue weighted by Crippen LogP contribution is 2.19. The van der Waals surface area contributed by atoms with Crippen molar-refractivity contribution in [2.75, 3.05) is 5.32 Å². The number of aryl methyl sites for hydroxylation is 1. The Morgan fingerprint density at radius 2 is 2.09 bits per heavy atom. The number of benzene rings is 1. The molecule has 1 amide bonds. The number of nitriles is 1. The Morgan fingerprint density at radius 1 is 1.35 bits per heavy atom. The van der Waals surface area contributed by atoms with Crippen LogP contribution in [0.5, 0.6) is 5.75 Å². The molecule has 0 spiro atoms. The van der Waals surface area contributed by atoms with Crippen molar-refractivity contribution in [3.8, 4) is 11.8 Å². The average Bonchev–Trinajstić information content (AvgIpc) is 2.48. The van der Waals surface area contributed by atoms with Gasteiger partial charge in [-0.15, -0.1) is 0 Å². The summed E-state index contributed by atoms with van der Waals surface area (Å²) in [6.07, 6.45) is 2.12. The number of aromatic nitrogens is 1. The zero-order valence-corrected chi connectivity index (χ0v) is 12.6. The zero-order chi connectivity index (χ0) is 17.0. The van der Waals surface area contributed by atoms with Crippen LogP contribution in [0.15, 0.2) is 36.7 Å². The number of carbonyl (C=O) groups is 1. The van der Waals surface area contributed by atoms with Crippen LogP contribution < -0.4 is 9.50 Å². The summed E-state index contributed by atoms with van der Waals surface area (Å²) >= 11 is 0. The summed E-state index contributed by atoms with van der Waals surface area (Å²) in [6.45, 7) is 1.74. The van der Waals surface area contributed by atoms with Gasteiger partial charge in [-0.25, -0.2) is 0 Å². The van der Waals surface area contributed by atoms with Crippen LogP contribution in [0.4, 0.5) is 9.57 Å². The first-order valence-corrected chi connectivity index (χ1v) is 7.50. The molecule has 0 bridgehead atoms. The lowest BCUT2D eigenvalue weighted by Crippen LogP contribution is -2.13. The van der Waals surface area contributed by atoms with Gasteiger partial charge >= 0.3 is 10.5 Å². The predicted molar refractivity (Wildman–Crippen MR) is 78.7 cm³/mol. The molecule has 0 fully saturated rings. The molecule has 118 valence electrons. The van der Waals surface area contributed by atoms with Crippen molar-refractivity contribution in [1.82, 2.24) is 4.98 Å². The van der Waals surface area contributed by atoms with E-state index >= 15 is 0 Å². The van der Waals surface area contributed by atoms with Gasteiger partial charge in [0.25, 0.3) is 5.91 Å². The molecule has 1 aromatic carbocycles. The third kappa shape index (κ3) is 4.49. The van der Waals surface area contributed by atoms with Crippen molar-refractivity contribution in [2.24, 2.45) is 0 Å². The molecule has 0 radical (unpaired) electrons. The quantitative estimate of drug-likeness (QED) is 0.857. The highest BCUT2D eigenvalue weighted by Gasteiger charge is 2.14. The molecule has 0 unspecified atom stereocenters. The summed E-state index contributed by atoms with van der Waals surface area (Å²) in [5.41, 5.74) is 1.47. The number of anilines is 1. The van der Waals surface area contributed by atoms with E-state index in [1.54, 1.807) is 19.1 Å². The first kappa shape index (κ1) is 16.4. The highest BCUT2D eigenvalue weighted by atomic mass is 32.3. The molecule has 0 atom stereocenters. The third-order valence-electron chi connectivity index (χ3n) is 2.79. The minimum absolute atomic E-state index is 0.0343. The SMILES string of the molecule is Cc1ccc(C#N)cc1NC(=O)c1cncc(OS(=O)(=O)F)c1. The van der Waals surface area contributed by atoms with Gasteiger partial charge in [-0.3, -0.25) is 9.78 Å². The Labute approximate surface area is 131 Å². The molecular weight excluding hydrogens is 325 g/mol. The minimum atomic E-state index is -5.20. The number of halogens is 1. The standard InChI is InChI=1S/C14H10FN3O4S/c1-9-2-3-10(6-16)4-13(9)18-14(19)11-5-12(8-17-7-11)22-23(15,20)21/h2-5,7-8H,1H3,(H,18,19). The Balaban J connectivity index is 2.25. The largest absolute Gasteiger partial charge is 0.488 e. The summed E-state index contributed by atoms with van der Waals surface area (Å²) < 4.78 is 37.4. The molecule has 0 saturated heterocycles. The summed E-state index contributed by atoms with van der Waals surface area (Å²) in [7, 11) is -5.20. The van der Waals surface area contributed by atoms with Gasteiger partial charge in [0.1, 0.15) is 0 Å². The van der Waals surface area contributed by atoms with Gasteiger partial charge in [0.05, 0.1) is 23.4 Å². The maximum absolute atomic E-state index is 12.5. The minimum Gasteiger partial charge on any atom is -0.357 e. The van der Waals surface area contributed by atoms with E-state index in [9.17, 15) is 17.1 Å². The third-order valence-corrected chi connectivity index (χ3v) is 3.18. The number of carbonyl (C=O) groups excluding carboxylic acids is 1. The van der Waals surface area contributed by atoms with Gasteiger partial charge in [0.2, 0.25) is 0 Å². The summed E-state index contributed by atoms with van der Waals surface area (Å²) in [4.78, 5) is 15.8. The molecule has 2 aromatic rings. The fraction of sp³-hybridized carbons (Fsp3) is 0.0714. The summed E-state index contributed by atoms with van der Waals surface area (Å²) in [5.74, 6) is -1.04. The van der Waals surface area contributed by atoms with E-state index in [0.717, 1.165) is 24.0 Å². The molecular formula is C14H10FN3O4S. The monoisotopic (exact) mass is 335 g/mol. The predicted octanol–water partition coefficient (Wildman–Crippen LogP) is 2.11. The van der Waals surface area contributed by atoms with E-state index in [0.29, 0.717) is 11.3 Å². The van der Waals surface area contributed by atoms with Gasteiger partial charge in [0, 0.05) is 11.9 Å². The van der Waals surface area contributed by atoms with Gasteiger partial charge in [-0.1, -0.05) is 9.95 Å². The van der Waals surface area contributed by atoms with E-state index in [2.05, 4.69) is 14.5 Å². The van der Waals surface area contributed by atoms with Gasteiger partial charge in [-0.2, -0.15) is 13.7 Å².